The van der Waals surface area contributed by atoms with E-state index >= 15 is 0 Å². The molecular weight excluding hydrogens is 378 g/mol. The van der Waals surface area contributed by atoms with E-state index in [1.54, 1.807) is 25.3 Å². The van der Waals surface area contributed by atoms with Gasteiger partial charge in [0.05, 0.1) is 13.7 Å². The lowest BCUT2D eigenvalue weighted by molar-refractivity contribution is 0.251. The molecule has 30 heavy (non-hydrogen) atoms. The third-order valence-corrected chi connectivity index (χ3v) is 4.65. The highest BCUT2D eigenvalue weighted by Crippen LogP contribution is 2.30. The van der Waals surface area contributed by atoms with E-state index in [9.17, 15) is 4.79 Å². The van der Waals surface area contributed by atoms with Gasteiger partial charge in [0.25, 0.3) is 0 Å². The Morgan fingerprint density at radius 1 is 1.07 bits per heavy atom. The summed E-state index contributed by atoms with van der Waals surface area (Å²) < 4.78 is 11.3. The number of urea groups is 1. The molecule has 2 N–H and O–H groups in total. The summed E-state index contributed by atoms with van der Waals surface area (Å²) in [5.74, 6) is 1.94. The third-order valence-electron chi connectivity index (χ3n) is 4.65. The fourth-order valence-electron chi connectivity index (χ4n) is 3.12. The molecule has 0 aliphatic carbocycles. The Kier molecular flexibility index (Phi) is 9.48. The van der Waals surface area contributed by atoms with Gasteiger partial charge in [-0.15, -0.1) is 0 Å². The maximum atomic E-state index is 12.4. The van der Waals surface area contributed by atoms with Crippen molar-refractivity contribution >= 4 is 11.7 Å². The number of rotatable bonds is 11. The smallest absolute Gasteiger partial charge is 0.319 e. The number of carbonyl (C=O) groups excluding carboxylic acids is 1. The predicted octanol–water partition coefficient (Wildman–Crippen LogP) is 4.89. The van der Waals surface area contributed by atoms with Gasteiger partial charge in [0, 0.05) is 24.8 Å². The number of hydrogen-bond donors (Lipinski definition) is 2. The van der Waals surface area contributed by atoms with Crippen LogP contribution in [0.4, 0.5) is 10.5 Å². The number of methoxy groups -OCH3 is 1. The summed E-state index contributed by atoms with van der Waals surface area (Å²) in [6.07, 6.45) is 2.09. The van der Waals surface area contributed by atoms with Gasteiger partial charge in [-0.2, -0.15) is 0 Å². The van der Waals surface area contributed by atoms with Gasteiger partial charge < -0.3 is 25.0 Å². The molecule has 0 saturated carbocycles. The molecule has 0 heterocycles. The van der Waals surface area contributed by atoms with Crippen molar-refractivity contribution < 1.29 is 14.3 Å². The minimum atomic E-state index is -0.259. The van der Waals surface area contributed by atoms with Crippen LogP contribution in [0.2, 0.25) is 0 Å². The van der Waals surface area contributed by atoms with E-state index < -0.39 is 0 Å². The van der Waals surface area contributed by atoms with E-state index in [2.05, 4.69) is 35.4 Å². The van der Waals surface area contributed by atoms with Crippen LogP contribution in [0, 0.1) is 5.92 Å². The largest absolute Gasteiger partial charge is 0.493 e. The molecule has 6 nitrogen and oxygen atoms in total. The van der Waals surface area contributed by atoms with E-state index in [4.69, 9.17) is 9.47 Å². The summed E-state index contributed by atoms with van der Waals surface area (Å²) in [5.41, 5.74) is 2.96. The Labute approximate surface area is 180 Å². The zero-order chi connectivity index (χ0) is 21.9. The second-order valence-corrected chi connectivity index (χ2v) is 8.06. The highest BCUT2D eigenvalue weighted by atomic mass is 16.5. The average Bonchev–Trinajstić information content (AvgIpc) is 2.70. The standard InChI is InChI=1S/C24H35N3O3/c1-18(2)9-8-14-30-23-15-21(12-13-22(23)29-5)26-24(28)25-16-19-10-6-7-11-20(19)17-27(3)4/h6-7,10-13,15,18H,8-9,14,16-17H2,1-5H3,(H2,25,26,28). The average molecular weight is 414 g/mol. The summed E-state index contributed by atoms with van der Waals surface area (Å²) in [6.45, 7) is 6.30. The van der Waals surface area contributed by atoms with E-state index in [0.29, 0.717) is 36.3 Å². The zero-order valence-electron chi connectivity index (χ0n) is 18.8. The first kappa shape index (κ1) is 23.5. The second-order valence-electron chi connectivity index (χ2n) is 8.06. The van der Waals surface area contributed by atoms with Gasteiger partial charge in [-0.05, 0) is 56.1 Å². The summed E-state index contributed by atoms with van der Waals surface area (Å²) >= 11 is 0. The number of ether oxygens (including phenoxy) is 2. The number of nitrogens with zero attached hydrogens (tertiary/aromatic N) is 1. The molecule has 0 bridgehead atoms. The first-order chi connectivity index (χ1) is 14.4. The predicted molar refractivity (Wildman–Crippen MR) is 122 cm³/mol. The first-order valence-corrected chi connectivity index (χ1v) is 10.5. The molecule has 0 spiro atoms. The van der Waals surface area contributed by atoms with Crippen LogP contribution in [0.5, 0.6) is 11.5 Å². The van der Waals surface area contributed by atoms with Gasteiger partial charge >= 0.3 is 6.03 Å². The third kappa shape index (κ3) is 7.95. The number of benzene rings is 2. The van der Waals surface area contributed by atoms with Crippen molar-refractivity contribution in [1.29, 1.82) is 0 Å². The molecule has 2 rings (SSSR count). The van der Waals surface area contributed by atoms with Gasteiger partial charge in [0.2, 0.25) is 0 Å². The van der Waals surface area contributed by atoms with Crippen LogP contribution in [0.25, 0.3) is 0 Å². The van der Waals surface area contributed by atoms with Crippen molar-refractivity contribution in [2.75, 3.05) is 33.1 Å². The lowest BCUT2D eigenvalue weighted by Crippen LogP contribution is -2.28. The molecule has 2 aromatic carbocycles. The van der Waals surface area contributed by atoms with Crippen LogP contribution in [0.15, 0.2) is 42.5 Å². The first-order valence-electron chi connectivity index (χ1n) is 10.5. The van der Waals surface area contributed by atoms with E-state index in [-0.39, 0.29) is 6.03 Å². The molecule has 2 amide bonds. The van der Waals surface area contributed by atoms with Crippen LogP contribution in [-0.2, 0) is 13.1 Å². The van der Waals surface area contributed by atoms with Crippen LogP contribution in [0.3, 0.4) is 0 Å². The Balaban J connectivity index is 1.94. The lowest BCUT2D eigenvalue weighted by Gasteiger charge is -2.16. The quantitative estimate of drug-likeness (QED) is 0.515. The highest BCUT2D eigenvalue weighted by molar-refractivity contribution is 5.89. The van der Waals surface area contributed by atoms with Gasteiger partial charge in [0.15, 0.2) is 11.5 Å². The summed E-state index contributed by atoms with van der Waals surface area (Å²) in [5, 5.41) is 5.81. The maximum Gasteiger partial charge on any atom is 0.319 e. The van der Waals surface area contributed by atoms with Gasteiger partial charge in [-0.1, -0.05) is 38.1 Å². The second kappa shape index (κ2) is 12.1. The molecular formula is C24H35N3O3. The number of carbonyl (C=O) groups is 1. The number of nitrogens with one attached hydrogen (secondary N) is 2. The molecule has 0 aliphatic heterocycles. The van der Waals surface area contributed by atoms with Crippen LogP contribution >= 0.6 is 0 Å². The monoisotopic (exact) mass is 413 g/mol. The Bertz CT molecular complexity index is 806. The van der Waals surface area contributed by atoms with Crippen molar-refractivity contribution in [2.45, 2.75) is 39.8 Å². The van der Waals surface area contributed by atoms with E-state index in [1.807, 2.05) is 32.3 Å². The van der Waals surface area contributed by atoms with Crippen molar-refractivity contribution in [3.05, 3.63) is 53.6 Å². The number of hydrogen-bond acceptors (Lipinski definition) is 4. The molecule has 0 fully saturated rings. The Morgan fingerprint density at radius 2 is 1.80 bits per heavy atom. The minimum absolute atomic E-state index is 0.259. The summed E-state index contributed by atoms with van der Waals surface area (Å²) in [6, 6.07) is 13.3. The molecule has 0 unspecified atom stereocenters. The fraction of sp³-hybridized carbons (Fsp3) is 0.458. The molecule has 0 radical (unpaired) electrons. The molecule has 6 heteroatoms. The highest BCUT2D eigenvalue weighted by Gasteiger charge is 2.10. The fourth-order valence-corrected chi connectivity index (χ4v) is 3.12. The Hall–Kier alpha value is -2.73. The molecule has 0 atom stereocenters. The number of amides is 2. The van der Waals surface area contributed by atoms with Crippen molar-refractivity contribution in [2.24, 2.45) is 5.92 Å². The Morgan fingerprint density at radius 3 is 2.47 bits per heavy atom. The van der Waals surface area contributed by atoms with Gasteiger partial charge in [-0.3, -0.25) is 0 Å². The molecule has 2 aromatic rings. The van der Waals surface area contributed by atoms with E-state index in [0.717, 1.165) is 24.9 Å². The number of anilines is 1. The molecule has 0 aliphatic rings. The lowest BCUT2D eigenvalue weighted by atomic mass is 10.1. The van der Waals surface area contributed by atoms with Crippen molar-refractivity contribution in [3.8, 4) is 11.5 Å². The summed E-state index contributed by atoms with van der Waals surface area (Å²) in [7, 11) is 5.67. The molecule has 164 valence electrons. The van der Waals surface area contributed by atoms with Gasteiger partial charge in [0.1, 0.15) is 0 Å². The molecule has 0 aromatic heterocycles. The SMILES string of the molecule is COc1ccc(NC(=O)NCc2ccccc2CN(C)C)cc1OCCCC(C)C. The summed E-state index contributed by atoms with van der Waals surface area (Å²) in [4.78, 5) is 14.5. The molecule has 0 saturated heterocycles. The normalized spacial score (nSPS) is 10.9. The van der Waals surface area contributed by atoms with Crippen LogP contribution in [-0.4, -0.2) is 38.7 Å². The van der Waals surface area contributed by atoms with Crippen molar-refractivity contribution in [1.82, 2.24) is 10.2 Å². The minimum Gasteiger partial charge on any atom is -0.493 e. The topological polar surface area (TPSA) is 62.8 Å². The zero-order valence-corrected chi connectivity index (χ0v) is 18.8. The van der Waals surface area contributed by atoms with E-state index in [1.165, 1.54) is 5.56 Å². The van der Waals surface area contributed by atoms with Crippen molar-refractivity contribution in [3.63, 3.8) is 0 Å². The van der Waals surface area contributed by atoms with Crippen LogP contribution < -0.4 is 20.1 Å². The van der Waals surface area contributed by atoms with Gasteiger partial charge in [-0.25, -0.2) is 4.79 Å². The van der Waals surface area contributed by atoms with Crippen LogP contribution in [0.1, 0.15) is 37.8 Å². The maximum absolute atomic E-state index is 12.4.